The van der Waals surface area contributed by atoms with E-state index in [-0.39, 0.29) is 24.7 Å². The highest BCUT2D eigenvalue weighted by Gasteiger charge is 2.12. The average molecular weight is 267 g/mol. The molecule has 8 heteroatoms. The van der Waals surface area contributed by atoms with Crippen LogP contribution in [0.3, 0.4) is 0 Å². The molecule has 3 amide bonds. The molecule has 0 saturated carbocycles. The summed E-state index contributed by atoms with van der Waals surface area (Å²) in [5.74, 6) is -1.18. The molecule has 0 atom stereocenters. The average Bonchev–Trinajstić information content (AvgIpc) is 2.73. The highest BCUT2D eigenvalue weighted by Crippen LogP contribution is 2.00. The van der Waals surface area contributed by atoms with Crippen molar-refractivity contribution >= 4 is 17.7 Å². The second-order valence-electron chi connectivity index (χ2n) is 3.93. The number of hydrogen-bond donors (Lipinski definition) is 3. The highest BCUT2D eigenvalue weighted by atomic mass is 16.2. The summed E-state index contributed by atoms with van der Waals surface area (Å²) in [5, 5.41) is 11.1. The summed E-state index contributed by atoms with van der Waals surface area (Å²) in [6.45, 7) is 1.50. The molecule has 0 fully saturated rings. The van der Waals surface area contributed by atoms with E-state index in [4.69, 9.17) is 0 Å². The number of aryl methyl sites for hydroxylation is 2. The van der Waals surface area contributed by atoms with Gasteiger partial charge in [0.15, 0.2) is 0 Å². The first kappa shape index (κ1) is 14.7. The van der Waals surface area contributed by atoms with E-state index < -0.39 is 11.8 Å². The van der Waals surface area contributed by atoms with E-state index in [0.717, 1.165) is 5.69 Å². The Labute approximate surface area is 110 Å². The van der Waals surface area contributed by atoms with E-state index in [1.807, 2.05) is 6.92 Å². The quantitative estimate of drug-likeness (QED) is 0.592. The lowest BCUT2D eigenvalue weighted by atomic mass is 10.3. The lowest BCUT2D eigenvalue weighted by molar-refractivity contribution is -0.125. The topological polar surface area (TPSA) is 105 Å². The van der Waals surface area contributed by atoms with E-state index in [2.05, 4.69) is 21.0 Å². The van der Waals surface area contributed by atoms with Gasteiger partial charge in [-0.3, -0.25) is 19.1 Å². The summed E-state index contributed by atoms with van der Waals surface area (Å²) in [6.07, 6.45) is 0. The van der Waals surface area contributed by atoms with Gasteiger partial charge in [0.05, 0.1) is 13.1 Å². The summed E-state index contributed by atoms with van der Waals surface area (Å²) in [4.78, 5) is 33.9. The zero-order valence-electron chi connectivity index (χ0n) is 11.1. The summed E-state index contributed by atoms with van der Waals surface area (Å²) in [7, 11) is 3.20. The number of rotatable bonds is 5. The van der Waals surface area contributed by atoms with Crippen molar-refractivity contribution in [1.82, 2.24) is 25.7 Å². The van der Waals surface area contributed by atoms with Gasteiger partial charge in [-0.25, -0.2) is 0 Å². The zero-order valence-corrected chi connectivity index (χ0v) is 11.1. The summed E-state index contributed by atoms with van der Waals surface area (Å²) in [6, 6.07) is 1.62. The van der Waals surface area contributed by atoms with Crippen LogP contribution in [0.15, 0.2) is 6.07 Å². The van der Waals surface area contributed by atoms with E-state index in [0.29, 0.717) is 0 Å². The number of likely N-dealkylation sites (N-methyl/N-ethyl adjacent to an activating group) is 1. The fourth-order valence-corrected chi connectivity index (χ4v) is 1.25. The lowest BCUT2D eigenvalue weighted by Gasteiger charge is -2.05. The Hall–Kier alpha value is -2.38. The number of carbonyl (C=O) groups excluding carboxylic acids is 3. The van der Waals surface area contributed by atoms with Crippen LogP contribution >= 0.6 is 0 Å². The normalized spacial score (nSPS) is 9.84. The van der Waals surface area contributed by atoms with Gasteiger partial charge in [0.2, 0.25) is 11.8 Å². The number of carbonyl (C=O) groups is 3. The maximum Gasteiger partial charge on any atom is 0.272 e. The van der Waals surface area contributed by atoms with Crippen molar-refractivity contribution < 1.29 is 14.4 Å². The molecule has 0 bridgehead atoms. The lowest BCUT2D eigenvalue weighted by Crippen LogP contribution is -2.41. The van der Waals surface area contributed by atoms with Gasteiger partial charge in [-0.15, -0.1) is 0 Å². The SMILES string of the molecule is CNC(=O)CNC(=O)CNC(=O)c1cc(C)n(C)n1. The number of aromatic nitrogens is 2. The molecule has 0 saturated heterocycles. The van der Waals surface area contributed by atoms with Crippen LogP contribution in [0, 0.1) is 6.92 Å². The minimum Gasteiger partial charge on any atom is -0.358 e. The molecular weight excluding hydrogens is 250 g/mol. The third-order valence-corrected chi connectivity index (χ3v) is 2.48. The Bertz CT molecular complexity index is 475. The Morgan fingerprint density at radius 1 is 1.21 bits per heavy atom. The standard InChI is InChI=1S/C11H17N5O3/c1-7-4-8(15-16(7)3)11(19)14-6-10(18)13-5-9(17)12-2/h4H,5-6H2,1-3H3,(H,12,17)(H,13,18)(H,14,19). The Kier molecular flexibility index (Phi) is 5.04. The maximum atomic E-state index is 11.7. The summed E-state index contributed by atoms with van der Waals surface area (Å²) in [5.41, 5.74) is 1.09. The van der Waals surface area contributed by atoms with Crippen molar-refractivity contribution in [2.24, 2.45) is 7.05 Å². The minimum atomic E-state index is -0.440. The molecule has 0 unspecified atom stereocenters. The number of hydrogen-bond acceptors (Lipinski definition) is 4. The smallest absolute Gasteiger partial charge is 0.272 e. The zero-order chi connectivity index (χ0) is 14.4. The summed E-state index contributed by atoms with van der Waals surface area (Å²) >= 11 is 0. The van der Waals surface area contributed by atoms with Crippen molar-refractivity contribution in [3.63, 3.8) is 0 Å². The first-order valence-corrected chi connectivity index (χ1v) is 5.70. The molecular formula is C11H17N5O3. The van der Waals surface area contributed by atoms with Gasteiger partial charge in [0.25, 0.3) is 5.91 Å². The van der Waals surface area contributed by atoms with E-state index >= 15 is 0 Å². The second kappa shape index (κ2) is 6.53. The molecule has 1 rings (SSSR count). The highest BCUT2D eigenvalue weighted by molar-refractivity contribution is 5.95. The number of nitrogens with zero attached hydrogens (tertiary/aromatic N) is 2. The fraction of sp³-hybridized carbons (Fsp3) is 0.455. The van der Waals surface area contributed by atoms with Gasteiger partial charge in [0.1, 0.15) is 5.69 Å². The first-order chi connectivity index (χ1) is 8.93. The Morgan fingerprint density at radius 3 is 2.37 bits per heavy atom. The molecule has 1 heterocycles. The van der Waals surface area contributed by atoms with Gasteiger partial charge >= 0.3 is 0 Å². The van der Waals surface area contributed by atoms with Crippen LogP contribution in [-0.4, -0.2) is 47.6 Å². The van der Waals surface area contributed by atoms with Crippen molar-refractivity contribution in [3.05, 3.63) is 17.5 Å². The van der Waals surface area contributed by atoms with Crippen LogP contribution in [0.2, 0.25) is 0 Å². The molecule has 0 radical (unpaired) electrons. The van der Waals surface area contributed by atoms with Crippen molar-refractivity contribution in [2.45, 2.75) is 6.92 Å². The minimum absolute atomic E-state index is 0.117. The maximum absolute atomic E-state index is 11.7. The molecule has 1 aromatic rings. The summed E-state index contributed by atoms with van der Waals surface area (Å²) < 4.78 is 1.57. The Morgan fingerprint density at radius 2 is 1.84 bits per heavy atom. The molecule has 0 spiro atoms. The molecule has 0 aliphatic carbocycles. The van der Waals surface area contributed by atoms with Gasteiger partial charge in [-0.1, -0.05) is 0 Å². The van der Waals surface area contributed by atoms with Gasteiger partial charge in [-0.2, -0.15) is 5.10 Å². The van der Waals surface area contributed by atoms with Crippen LogP contribution in [0.1, 0.15) is 16.2 Å². The molecule has 19 heavy (non-hydrogen) atoms. The van der Waals surface area contributed by atoms with Crippen LogP contribution in [0.5, 0.6) is 0 Å². The number of amides is 3. The Balaban J connectivity index is 2.38. The van der Waals surface area contributed by atoms with E-state index in [1.165, 1.54) is 7.05 Å². The first-order valence-electron chi connectivity index (χ1n) is 5.70. The number of nitrogens with one attached hydrogen (secondary N) is 3. The molecule has 0 aliphatic rings. The van der Waals surface area contributed by atoms with Gasteiger partial charge in [0, 0.05) is 19.8 Å². The molecule has 3 N–H and O–H groups in total. The van der Waals surface area contributed by atoms with Crippen LogP contribution in [0.4, 0.5) is 0 Å². The van der Waals surface area contributed by atoms with Gasteiger partial charge < -0.3 is 16.0 Å². The molecule has 0 aliphatic heterocycles. The molecule has 1 aromatic heterocycles. The van der Waals surface area contributed by atoms with Crippen molar-refractivity contribution in [2.75, 3.05) is 20.1 Å². The van der Waals surface area contributed by atoms with E-state index in [1.54, 1.807) is 17.8 Å². The molecule has 8 nitrogen and oxygen atoms in total. The third kappa shape index (κ3) is 4.41. The molecule has 0 aromatic carbocycles. The predicted molar refractivity (Wildman–Crippen MR) is 67.4 cm³/mol. The van der Waals surface area contributed by atoms with Crippen LogP contribution in [-0.2, 0) is 16.6 Å². The monoisotopic (exact) mass is 267 g/mol. The second-order valence-corrected chi connectivity index (χ2v) is 3.93. The largest absolute Gasteiger partial charge is 0.358 e. The van der Waals surface area contributed by atoms with Crippen LogP contribution in [0.25, 0.3) is 0 Å². The van der Waals surface area contributed by atoms with Crippen molar-refractivity contribution in [1.29, 1.82) is 0 Å². The van der Waals surface area contributed by atoms with Crippen LogP contribution < -0.4 is 16.0 Å². The fourth-order valence-electron chi connectivity index (χ4n) is 1.25. The van der Waals surface area contributed by atoms with Gasteiger partial charge in [-0.05, 0) is 13.0 Å². The van der Waals surface area contributed by atoms with E-state index in [9.17, 15) is 14.4 Å². The predicted octanol–water partition coefficient (Wildman–Crippen LogP) is -1.68. The van der Waals surface area contributed by atoms with Crippen molar-refractivity contribution in [3.8, 4) is 0 Å². The molecule has 104 valence electrons. The third-order valence-electron chi connectivity index (χ3n) is 2.48.